The first-order valence-electron chi connectivity index (χ1n) is 4.54. The zero-order valence-corrected chi connectivity index (χ0v) is 8.07. The number of aryl methyl sites for hydroxylation is 1. The van der Waals surface area contributed by atoms with Gasteiger partial charge in [-0.15, -0.1) is 0 Å². The lowest BCUT2D eigenvalue weighted by Crippen LogP contribution is -2.14. The van der Waals surface area contributed by atoms with Crippen LogP contribution in [0.1, 0.15) is 0 Å². The zero-order chi connectivity index (χ0) is 9.97. The van der Waals surface area contributed by atoms with Gasteiger partial charge in [-0.05, 0) is 23.3 Å². The fourth-order valence-corrected chi connectivity index (χ4v) is 1.41. The van der Waals surface area contributed by atoms with Crippen molar-refractivity contribution in [2.75, 3.05) is 0 Å². The van der Waals surface area contributed by atoms with Crippen LogP contribution in [-0.4, -0.2) is 4.57 Å². The second-order valence-corrected chi connectivity index (χ2v) is 3.28. The molecule has 1 aromatic heterocycles. The minimum Gasteiger partial charge on any atom is -0.336 e. The highest BCUT2D eigenvalue weighted by Gasteiger charge is 1.95. The van der Waals surface area contributed by atoms with Crippen LogP contribution in [0.2, 0.25) is 0 Å². The second kappa shape index (κ2) is 3.50. The van der Waals surface area contributed by atoms with Gasteiger partial charge >= 0.3 is 0 Å². The molecule has 0 spiro atoms. The summed E-state index contributed by atoms with van der Waals surface area (Å²) in [5, 5.41) is 7.54. The number of hydrogen-bond acceptors (Lipinski definition) is 1. The van der Waals surface area contributed by atoms with Crippen LogP contribution in [0.4, 0.5) is 0 Å². The Morgan fingerprint density at radius 1 is 0.929 bits per heavy atom. The van der Waals surface area contributed by atoms with Crippen LogP contribution >= 0.6 is 0 Å². The van der Waals surface area contributed by atoms with Gasteiger partial charge in [0.15, 0.2) is 0 Å². The molecule has 0 saturated heterocycles. The minimum atomic E-state index is 0.518. The molecule has 0 atom stereocenters. The van der Waals surface area contributed by atoms with Crippen molar-refractivity contribution in [3.05, 3.63) is 54.1 Å². The SMILES string of the molecule is Cn1cc(-c2ccccc2)ccc1=N. The van der Waals surface area contributed by atoms with E-state index < -0.39 is 0 Å². The van der Waals surface area contributed by atoms with Crippen LogP contribution < -0.4 is 5.49 Å². The van der Waals surface area contributed by atoms with E-state index in [9.17, 15) is 0 Å². The Morgan fingerprint density at radius 3 is 2.29 bits per heavy atom. The van der Waals surface area contributed by atoms with Gasteiger partial charge in [0.05, 0.1) is 0 Å². The molecule has 0 amide bonds. The van der Waals surface area contributed by atoms with Crippen molar-refractivity contribution < 1.29 is 0 Å². The zero-order valence-electron chi connectivity index (χ0n) is 8.07. The van der Waals surface area contributed by atoms with Crippen LogP contribution in [0.25, 0.3) is 11.1 Å². The Labute approximate surface area is 83.0 Å². The van der Waals surface area contributed by atoms with Crippen molar-refractivity contribution in [2.24, 2.45) is 7.05 Å². The molecule has 1 aromatic carbocycles. The molecule has 0 unspecified atom stereocenters. The molecule has 2 aromatic rings. The summed E-state index contributed by atoms with van der Waals surface area (Å²) < 4.78 is 1.81. The summed E-state index contributed by atoms with van der Waals surface area (Å²) in [7, 11) is 1.88. The molecule has 0 bridgehead atoms. The molecule has 14 heavy (non-hydrogen) atoms. The lowest BCUT2D eigenvalue weighted by molar-refractivity contribution is 0.819. The molecule has 2 nitrogen and oxygen atoms in total. The molecule has 0 fully saturated rings. The third-order valence-electron chi connectivity index (χ3n) is 2.24. The van der Waals surface area contributed by atoms with Gasteiger partial charge in [0, 0.05) is 13.2 Å². The maximum absolute atomic E-state index is 7.54. The molecule has 1 N–H and O–H groups in total. The Balaban J connectivity index is 2.54. The van der Waals surface area contributed by atoms with E-state index in [-0.39, 0.29) is 0 Å². The molecule has 70 valence electrons. The first-order valence-corrected chi connectivity index (χ1v) is 4.54. The van der Waals surface area contributed by atoms with Crippen LogP contribution in [0.3, 0.4) is 0 Å². The van der Waals surface area contributed by atoms with Crippen LogP contribution in [-0.2, 0) is 7.05 Å². The quantitative estimate of drug-likeness (QED) is 0.703. The maximum atomic E-state index is 7.54. The first-order chi connectivity index (χ1) is 6.77. The predicted octanol–water partition coefficient (Wildman–Crippen LogP) is 2.17. The normalized spacial score (nSPS) is 10.1. The van der Waals surface area contributed by atoms with Crippen molar-refractivity contribution in [3.8, 4) is 11.1 Å². The highest BCUT2D eigenvalue weighted by atomic mass is 14.9. The summed E-state index contributed by atoms with van der Waals surface area (Å²) in [5.74, 6) is 0. The van der Waals surface area contributed by atoms with Crippen LogP contribution in [0.5, 0.6) is 0 Å². The summed E-state index contributed by atoms with van der Waals surface area (Å²) >= 11 is 0. The van der Waals surface area contributed by atoms with Crippen molar-refractivity contribution in [3.63, 3.8) is 0 Å². The minimum absolute atomic E-state index is 0.518. The fraction of sp³-hybridized carbons (Fsp3) is 0.0833. The van der Waals surface area contributed by atoms with Crippen molar-refractivity contribution in [2.45, 2.75) is 0 Å². The number of nitrogens with one attached hydrogen (secondary N) is 1. The molecule has 2 rings (SSSR count). The van der Waals surface area contributed by atoms with Crippen molar-refractivity contribution in [1.29, 1.82) is 5.41 Å². The smallest absolute Gasteiger partial charge is 0.124 e. The summed E-state index contributed by atoms with van der Waals surface area (Å²) in [6, 6.07) is 14.0. The van der Waals surface area contributed by atoms with Gasteiger partial charge in [-0.2, -0.15) is 0 Å². The number of benzene rings is 1. The van der Waals surface area contributed by atoms with E-state index in [2.05, 4.69) is 12.1 Å². The highest BCUT2D eigenvalue weighted by Crippen LogP contribution is 2.16. The van der Waals surface area contributed by atoms with E-state index in [1.807, 2.05) is 48.1 Å². The Hall–Kier alpha value is -1.83. The van der Waals surface area contributed by atoms with E-state index in [4.69, 9.17) is 5.41 Å². The van der Waals surface area contributed by atoms with E-state index in [1.54, 1.807) is 0 Å². The highest BCUT2D eigenvalue weighted by molar-refractivity contribution is 5.61. The average molecular weight is 184 g/mol. The van der Waals surface area contributed by atoms with Gasteiger partial charge in [0.25, 0.3) is 0 Å². The maximum Gasteiger partial charge on any atom is 0.124 e. The molecular formula is C12H12N2. The van der Waals surface area contributed by atoms with Gasteiger partial charge in [0.2, 0.25) is 0 Å². The Morgan fingerprint density at radius 2 is 1.64 bits per heavy atom. The first kappa shape index (κ1) is 8.75. The summed E-state index contributed by atoms with van der Waals surface area (Å²) in [6.45, 7) is 0. The van der Waals surface area contributed by atoms with Gasteiger partial charge in [-0.3, -0.25) is 5.41 Å². The molecule has 0 aliphatic rings. The molecule has 0 radical (unpaired) electrons. The van der Waals surface area contributed by atoms with E-state index >= 15 is 0 Å². The number of hydrogen-bond donors (Lipinski definition) is 1. The van der Waals surface area contributed by atoms with E-state index in [0.29, 0.717) is 5.49 Å². The third-order valence-corrected chi connectivity index (χ3v) is 2.24. The molecular weight excluding hydrogens is 172 g/mol. The van der Waals surface area contributed by atoms with Gasteiger partial charge in [0.1, 0.15) is 5.49 Å². The monoisotopic (exact) mass is 184 g/mol. The van der Waals surface area contributed by atoms with Crippen LogP contribution in [0, 0.1) is 5.41 Å². The van der Waals surface area contributed by atoms with Crippen molar-refractivity contribution in [1.82, 2.24) is 4.57 Å². The predicted molar refractivity (Wildman–Crippen MR) is 56.7 cm³/mol. The number of nitrogens with zero attached hydrogens (tertiary/aromatic N) is 1. The molecule has 0 saturated carbocycles. The van der Waals surface area contributed by atoms with Gasteiger partial charge in [-0.1, -0.05) is 30.3 Å². The lowest BCUT2D eigenvalue weighted by Gasteiger charge is -2.04. The summed E-state index contributed by atoms with van der Waals surface area (Å²) in [4.78, 5) is 0. The van der Waals surface area contributed by atoms with Crippen LogP contribution in [0.15, 0.2) is 48.7 Å². The Bertz CT molecular complexity index is 483. The summed E-state index contributed by atoms with van der Waals surface area (Å²) in [5.41, 5.74) is 2.84. The average Bonchev–Trinajstić information content (AvgIpc) is 2.23. The third kappa shape index (κ3) is 1.59. The topological polar surface area (TPSA) is 28.8 Å². The Kier molecular flexibility index (Phi) is 2.19. The number of pyridine rings is 1. The van der Waals surface area contributed by atoms with E-state index in [0.717, 1.165) is 5.56 Å². The molecule has 0 aliphatic carbocycles. The fourth-order valence-electron chi connectivity index (χ4n) is 1.41. The number of rotatable bonds is 1. The number of aromatic nitrogens is 1. The largest absolute Gasteiger partial charge is 0.336 e. The summed E-state index contributed by atoms with van der Waals surface area (Å²) in [6.07, 6.45) is 1.97. The molecule has 1 heterocycles. The van der Waals surface area contributed by atoms with Gasteiger partial charge < -0.3 is 4.57 Å². The van der Waals surface area contributed by atoms with E-state index in [1.165, 1.54) is 5.56 Å². The molecule has 0 aliphatic heterocycles. The standard InChI is InChI=1S/C12H12N2/c1-14-9-11(7-8-12(14)13)10-5-3-2-4-6-10/h2-9,13H,1H3. The second-order valence-electron chi connectivity index (χ2n) is 3.28. The lowest BCUT2D eigenvalue weighted by atomic mass is 10.1. The molecule has 2 heteroatoms. The van der Waals surface area contributed by atoms with Gasteiger partial charge in [-0.25, -0.2) is 0 Å². The van der Waals surface area contributed by atoms with Crippen molar-refractivity contribution >= 4 is 0 Å².